The standard InChI is InChI=1S/C12H16O2/c1-2-6-11(13)9-12(14)10-7-4-3-5-8-10/h2-5,7-8,11-14H,1,6,9H2/t11?,12-/m0/s1. The summed E-state index contributed by atoms with van der Waals surface area (Å²) in [4.78, 5) is 0. The van der Waals surface area contributed by atoms with Crippen LogP contribution in [0.25, 0.3) is 0 Å². The third-order valence-electron chi connectivity index (χ3n) is 2.12. The molecule has 0 heterocycles. The van der Waals surface area contributed by atoms with E-state index in [2.05, 4.69) is 6.58 Å². The molecule has 0 amide bonds. The van der Waals surface area contributed by atoms with Crippen molar-refractivity contribution in [3.63, 3.8) is 0 Å². The first-order valence-electron chi connectivity index (χ1n) is 4.76. The molecule has 76 valence electrons. The molecular weight excluding hydrogens is 176 g/mol. The van der Waals surface area contributed by atoms with Gasteiger partial charge < -0.3 is 10.2 Å². The summed E-state index contributed by atoms with van der Waals surface area (Å²) in [6, 6.07) is 9.35. The molecule has 2 atom stereocenters. The van der Waals surface area contributed by atoms with Crippen LogP contribution in [-0.2, 0) is 0 Å². The molecule has 0 bridgehead atoms. The molecule has 0 fully saturated rings. The zero-order valence-corrected chi connectivity index (χ0v) is 8.13. The summed E-state index contributed by atoms with van der Waals surface area (Å²) in [6.45, 7) is 3.54. The number of hydrogen-bond acceptors (Lipinski definition) is 2. The van der Waals surface area contributed by atoms with E-state index in [1.807, 2.05) is 30.3 Å². The van der Waals surface area contributed by atoms with Crippen molar-refractivity contribution >= 4 is 0 Å². The third-order valence-corrected chi connectivity index (χ3v) is 2.12. The highest BCUT2D eigenvalue weighted by Gasteiger charge is 2.11. The largest absolute Gasteiger partial charge is 0.393 e. The second kappa shape index (κ2) is 5.58. The minimum absolute atomic E-state index is 0.357. The fourth-order valence-electron chi connectivity index (χ4n) is 1.36. The quantitative estimate of drug-likeness (QED) is 0.701. The molecule has 2 nitrogen and oxygen atoms in total. The molecule has 0 radical (unpaired) electrons. The Morgan fingerprint density at radius 2 is 1.86 bits per heavy atom. The van der Waals surface area contributed by atoms with Crippen LogP contribution in [0, 0.1) is 0 Å². The molecule has 1 unspecified atom stereocenters. The second-order valence-corrected chi connectivity index (χ2v) is 3.34. The first-order chi connectivity index (χ1) is 6.74. The Hall–Kier alpha value is -1.12. The third kappa shape index (κ3) is 3.32. The molecule has 0 saturated carbocycles. The van der Waals surface area contributed by atoms with Crippen LogP contribution in [0.5, 0.6) is 0 Å². The van der Waals surface area contributed by atoms with E-state index in [1.165, 1.54) is 0 Å². The number of rotatable bonds is 5. The van der Waals surface area contributed by atoms with Crippen LogP contribution in [0.3, 0.4) is 0 Å². The van der Waals surface area contributed by atoms with Crippen molar-refractivity contribution in [1.82, 2.24) is 0 Å². The number of aliphatic hydroxyl groups is 2. The van der Waals surface area contributed by atoms with E-state index in [9.17, 15) is 10.2 Å². The summed E-state index contributed by atoms with van der Waals surface area (Å²) >= 11 is 0. The van der Waals surface area contributed by atoms with Crippen LogP contribution in [0.2, 0.25) is 0 Å². The molecule has 2 N–H and O–H groups in total. The van der Waals surface area contributed by atoms with Crippen molar-refractivity contribution in [1.29, 1.82) is 0 Å². The smallest absolute Gasteiger partial charge is 0.0814 e. The zero-order chi connectivity index (χ0) is 10.4. The van der Waals surface area contributed by atoms with Crippen LogP contribution >= 0.6 is 0 Å². The molecule has 1 aromatic rings. The lowest BCUT2D eigenvalue weighted by molar-refractivity contribution is 0.0822. The van der Waals surface area contributed by atoms with Gasteiger partial charge in [0.2, 0.25) is 0 Å². The van der Waals surface area contributed by atoms with Gasteiger partial charge in [-0.2, -0.15) is 0 Å². The number of benzene rings is 1. The van der Waals surface area contributed by atoms with Gasteiger partial charge in [-0.3, -0.25) is 0 Å². The molecule has 0 aliphatic carbocycles. The van der Waals surface area contributed by atoms with E-state index in [1.54, 1.807) is 6.08 Å². The van der Waals surface area contributed by atoms with Gasteiger partial charge in [-0.15, -0.1) is 6.58 Å². The zero-order valence-electron chi connectivity index (χ0n) is 8.13. The fraction of sp³-hybridized carbons (Fsp3) is 0.333. The van der Waals surface area contributed by atoms with Crippen LogP contribution in [-0.4, -0.2) is 16.3 Å². The van der Waals surface area contributed by atoms with Gasteiger partial charge in [-0.05, 0) is 12.0 Å². The van der Waals surface area contributed by atoms with Gasteiger partial charge in [0.25, 0.3) is 0 Å². The topological polar surface area (TPSA) is 40.5 Å². The maximum absolute atomic E-state index is 9.72. The van der Waals surface area contributed by atoms with Crippen LogP contribution in [0.4, 0.5) is 0 Å². The van der Waals surface area contributed by atoms with Crippen molar-refractivity contribution in [3.8, 4) is 0 Å². The van der Waals surface area contributed by atoms with Crippen molar-refractivity contribution in [2.75, 3.05) is 0 Å². The van der Waals surface area contributed by atoms with Gasteiger partial charge in [0.1, 0.15) is 0 Å². The summed E-state index contributed by atoms with van der Waals surface area (Å²) < 4.78 is 0. The van der Waals surface area contributed by atoms with Crippen molar-refractivity contribution < 1.29 is 10.2 Å². The molecular formula is C12H16O2. The van der Waals surface area contributed by atoms with Crippen LogP contribution in [0.15, 0.2) is 43.0 Å². The Morgan fingerprint density at radius 1 is 1.21 bits per heavy atom. The van der Waals surface area contributed by atoms with Gasteiger partial charge >= 0.3 is 0 Å². The summed E-state index contributed by atoms with van der Waals surface area (Å²) in [6.07, 6.45) is 1.43. The predicted octanol–water partition coefficient (Wildman–Crippen LogP) is 2.05. The molecule has 2 heteroatoms. The summed E-state index contributed by atoms with van der Waals surface area (Å²) in [5.41, 5.74) is 0.843. The summed E-state index contributed by atoms with van der Waals surface area (Å²) in [5.74, 6) is 0. The van der Waals surface area contributed by atoms with E-state index in [-0.39, 0.29) is 0 Å². The number of hydrogen-bond donors (Lipinski definition) is 2. The molecule has 0 spiro atoms. The Bertz CT molecular complexity index is 269. The van der Waals surface area contributed by atoms with Gasteiger partial charge in [0.05, 0.1) is 12.2 Å². The van der Waals surface area contributed by atoms with Gasteiger partial charge in [0.15, 0.2) is 0 Å². The molecule has 1 aromatic carbocycles. The average molecular weight is 192 g/mol. The Balaban J connectivity index is 2.50. The number of aliphatic hydroxyl groups excluding tert-OH is 2. The lowest BCUT2D eigenvalue weighted by Gasteiger charge is -2.14. The highest BCUT2D eigenvalue weighted by atomic mass is 16.3. The molecule has 14 heavy (non-hydrogen) atoms. The van der Waals surface area contributed by atoms with E-state index >= 15 is 0 Å². The lowest BCUT2D eigenvalue weighted by atomic mass is 10.0. The summed E-state index contributed by atoms with van der Waals surface area (Å²) in [5, 5.41) is 19.2. The molecule has 0 aliphatic rings. The van der Waals surface area contributed by atoms with Crippen LogP contribution < -0.4 is 0 Å². The van der Waals surface area contributed by atoms with Crippen molar-refractivity contribution in [3.05, 3.63) is 48.6 Å². The summed E-state index contributed by atoms with van der Waals surface area (Å²) in [7, 11) is 0. The van der Waals surface area contributed by atoms with Crippen LogP contribution in [0.1, 0.15) is 24.5 Å². The maximum atomic E-state index is 9.72. The van der Waals surface area contributed by atoms with Crippen molar-refractivity contribution in [2.45, 2.75) is 25.0 Å². The Morgan fingerprint density at radius 3 is 2.43 bits per heavy atom. The average Bonchev–Trinajstić information content (AvgIpc) is 2.19. The predicted molar refractivity (Wildman–Crippen MR) is 56.8 cm³/mol. The maximum Gasteiger partial charge on any atom is 0.0814 e. The van der Waals surface area contributed by atoms with Gasteiger partial charge in [-0.1, -0.05) is 36.4 Å². The van der Waals surface area contributed by atoms with E-state index in [0.717, 1.165) is 5.56 Å². The Kier molecular flexibility index (Phi) is 4.36. The van der Waals surface area contributed by atoms with Gasteiger partial charge in [-0.25, -0.2) is 0 Å². The van der Waals surface area contributed by atoms with E-state index in [4.69, 9.17) is 0 Å². The molecule has 0 aromatic heterocycles. The molecule has 1 rings (SSSR count). The van der Waals surface area contributed by atoms with Gasteiger partial charge in [0, 0.05) is 6.42 Å². The minimum atomic E-state index is -0.592. The molecule has 0 saturated heterocycles. The second-order valence-electron chi connectivity index (χ2n) is 3.34. The highest BCUT2D eigenvalue weighted by Crippen LogP contribution is 2.18. The molecule has 0 aliphatic heterocycles. The normalized spacial score (nSPS) is 14.7. The highest BCUT2D eigenvalue weighted by molar-refractivity contribution is 5.17. The Labute approximate surface area is 84.5 Å². The van der Waals surface area contributed by atoms with E-state index in [0.29, 0.717) is 12.8 Å². The van der Waals surface area contributed by atoms with E-state index < -0.39 is 12.2 Å². The first kappa shape index (κ1) is 11.0. The fourth-order valence-corrected chi connectivity index (χ4v) is 1.36. The lowest BCUT2D eigenvalue weighted by Crippen LogP contribution is -2.11. The SMILES string of the molecule is C=CCC(O)C[C@H](O)c1ccccc1. The minimum Gasteiger partial charge on any atom is -0.393 e. The first-order valence-corrected chi connectivity index (χ1v) is 4.76. The van der Waals surface area contributed by atoms with Crippen molar-refractivity contribution in [2.24, 2.45) is 0 Å². The monoisotopic (exact) mass is 192 g/mol.